The summed E-state index contributed by atoms with van der Waals surface area (Å²) in [7, 11) is -3.53. The highest BCUT2D eigenvalue weighted by atomic mass is 32.2. The maximum absolute atomic E-state index is 13.0. The monoisotopic (exact) mass is 378 g/mol. The van der Waals surface area contributed by atoms with E-state index >= 15 is 0 Å². The molecule has 1 fully saturated rings. The van der Waals surface area contributed by atoms with Crippen molar-refractivity contribution in [3.05, 3.63) is 35.7 Å². The molecule has 0 amide bonds. The number of ether oxygens (including phenoxy) is 1. The lowest BCUT2D eigenvalue weighted by atomic mass is 10.2. The molecule has 3 rings (SSSR count). The molecule has 1 aromatic heterocycles. The Balaban J connectivity index is 1.76. The molecule has 26 heavy (non-hydrogen) atoms. The second-order valence-electron chi connectivity index (χ2n) is 6.79. The highest BCUT2D eigenvalue weighted by Gasteiger charge is 2.32. The van der Waals surface area contributed by atoms with Crippen LogP contribution in [0.1, 0.15) is 25.2 Å². The van der Waals surface area contributed by atoms with Crippen LogP contribution in [0.5, 0.6) is 5.75 Å². The summed E-state index contributed by atoms with van der Waals surface area (Å²) in [6.07, 6.45) is 0.0878. The Morgan fingerprint density at radius 2 is 1.77 bits per heavy atom. The SMILES string of the molecule is Cc1n[nH]c(C)c1S(=O)(=O)N1CCN(c2ccccc2OC(C)C)CC1. The van der Waals surface area contributed by atoms with E-state index in [9.17, 15) is 8.42 Å². The Bertz CT molecular complexity index is 849. The second-order valence-corrected chi connectivity index (χ2v) is 8.66. The largest absolute Gasteiger partial charge is 0.489 e. The van der Waals surface area contributed by atoms with Crippen molar-refractivity contribution < 1.29 is 13.2 Å². The Kier molecular flexibility index (Phi) is 5.24. The molecule has 0 atom stereocenters. The van der Waals surface area contributed by atoms with Crippen molar-refractivity contribution in [1.82, 2.24) is 14.5 Å². The number of rotatable bonds is 5. The average Bonchev–Trinajstić information content (AvgIpc) is 2.94. The zero-order valence-electron chi connectivity index (χ0n) is 15.7. The van der Waals surface area contributed by atoms with Crippen molar-refractivity contribution in [3.63, 3.8) is 0 Å². The predicted octanol–water partition coefficient (Wildman–Crippen LogP) is 2.32. The summed E-state index contributed by atoms with van der Waals surface area (Å²) >= 11 is 0. The van der Waals surface area contributed by atoms with Gasteiger partial charge in [-0.05, 0) is 39.8 Å². The summed E-state index contributed by atoms with van der Waals surface area (Å²) in [5.41, 5.74) is 2.11. The summed E-state index contributed by atoms with van der Waals surface area (Å²) in [4.78, 5) is 2.48. The third-order valence-corrected chi connectivity index (χ3v) is 6.63. The minimum Gasteiger partial charge on any atom is -0.489 e. The fourth-order valence-electron chi connectivity index (χ4n) is 3.29. The molecule has 1 aliphatic rings. The summed E-state index contributed by atoms with van der Waals surface area (Å²) < 4.78 is 33.4. The van der Waals surface area contributed by atoms with Gasteiger partial charge in [0.15, 0.2) is 0 Å². The average molecular weight is 378 g/mol. The van der Waals surface area contributed by atoms with Gasteiger partial charge in [-0.25, -0.2) is 8.42 Å². The van der Waals surface area contributed by atoms with Crippen molar-refractivity contribution in [3.8, 4) is 5.75 Å². The number of aromatic nitrogens is 2. The third-order valence-electron chi connectivity index (χ3n) is 4.47. The zero-order chi connectivity index (χ0) is 18.9. The van der Waals surface area contributed by atoms with Gasteiger partial charge >= 0.3 is 0 Å². The number of H-pyrrole nitrogens is 1. The smallest absolute Gasteiger partial charge is 0.246 e. The molecule has 0 radical (unpaired) electrons. The molecule has 1 aromatic carbocycles. The minimum absolute atomic E-state index is 0.0878. The van der Waals surface area contributed by atoms with Gasteiger partial charge in [-0.2, -0.15) is 9.40 Å². The number of nitrogens with zero attached hydrogens (tertiary/aromatic N) is 3. The number of sulfonamides is 1. The van der Waals surface area contributed by atoms with Crippen LogP contribution in [0.25, 0.3) is 0 Å². The van der Waals surface area contributed by atoms with Gasteiger partial charge in [0.25, 0.3) is 0 Å². The Hall–Kier alpha value is -2.06. The first-order valence-corrected chi connectivity index (χ1v) is 10.3. The molecular formula is C18H26N4O3S. The number of aromatic amines is 1. The van der Waals surface area contributed by atoms with Crippen LogP contribution in [0.4, 0.5) is 5.69 Å². The molecule has 2 heterocycles. The molecule has 0 aliphatic carbocycles. The highest BCUT2D eigenvalue weighted by Crippen LogP contribution is 2.31. The molecule has 1 saturated heterocycles. The number of hydrogen-bond donors (Lipinski definition) is 1. The lowest BCUT2D eigenvalue weighted by Crippen LogP contribution is -2.49. The van der Waals surface area contributed by atoms with Crippen LogP contribution in [0.3, 0.4) is 0 Å². The quantitative estimate of drug-likeness (QED) is 0.864. The van der Waals surface area contributed by atoms with Crippen molar-refractivity contribution in [2.45, 2.75) is 38.7 Å². The molecule has 0 spiro atoms. The van der Waals surface area contributed by atoms with Gasteiger partial charge in [0, 0.05) is 26.2 Å². The van der Waals surface area contributed by atoms with E-state index in [0.717, 1.165) is 11.4 Å². The molecule has 8 heteroatoms. The highest BCUT2D eigenvalue weighted by molar-refractivity contribution is 7.89. The lowest BCUT2D eigenvalue weighted by molar-refractivity contribution is 0.242. The van der Waals surface area contributed by atoms with Crippen LogP contribution >= 0.6 is 0 Å². The zero-order valence-corrected chi connectivity index (χ0v) is 16.5. The Morgan fingerprint density at radius 3 is 2.35 bits per heavy atom. The molecule has 142 valence electrons. The second kappa shape index (κ2) is 7.28. The number of nitrogens with one attached hydrogen (secondary N) is 1. The fourth-order valence-corrected chi connectivity index (χ4v) is 5.04. The lowest BCUT2D eigenvalue weighted by Gasteiger charge is -2.36. The topological polar surface area (TPSA) is 78.5 Å². The number of anilines is 1. The van der Waals surface area contributed by atoms with E-state index in [2.05, 4.69) is 15.1 Å². The van der Waals surface area contributed by atoms with E-state index in [-0.39, 0.29) is 6.10 Å². The van der Waals surface area contributed by atoms with E-state index in [1.165, 1.54) is 0 Å². The van der Waals surface area contributed by atoms with Crippen LogP contribution in [0, 0.1) is 13.8 Å². The molecular weight excluding hydrogens is 352 g/mol. The van der Waals surface area contributed by atoms with Gasteiger partial charge in [0.1, 0.15) is 10.6 Å². The van der Waals surface area contributed by atoms with E-state index in [1.807, 2.05) is 38.1 Å². The van der Waals surface area contributed by atoms with Crippen LogP contribution < -0.4 is 9.64 Å². The van der Waals surface area contributed by atoms with Gasteiger partial charge in [0.05, 0.1) is 23.2 Å². The maximum atomic E-state index is 13.0. The van der Waals surface area contributed by atoms with Crippen LogP contribution in [-0.2, 0) is 10.0 Å². The predicted molar refractivity (Wildman–Crippen MR) is 101 cm³/mol. The fraction of sp³-hybridized carbons (Fsp3) is 0.500. The van der Waals surface area contributed by atoms with E-state index in [4.69, 9.17) is 4.74 Å². The number of aryl methyl sites for hydroxylation is 2. The number of para-hydroxylation sites is 2. The Labute approximate surface area is 155 Å². The third kappa shape index (κ3) is 3.57. The number of hydrogen-bond acceptors (Lipinski definition) is 5. The molecule has 1 aliphatic heterocycles. The summed E-state index contributed by atoms with van der Waals surface area (Å²) in [5.74, 6) is 0.834. The first-order valence-electron chi connectivity index (χ1n) is 8.83. The normalized spacial score (nSPS) is 16.3. The van der Waals surface area contributed by atoms with Crippen molar-refractivity contribution in [1.29, 1.82) is 0 Å². The number of piperazine rings is 1. The Morgan fingerprint density at radius 1 is 1.12 bits per heavy atom. The van der Waals surface area contributed by atoms with Crippen molar-refractivity contribution in [2.75, 3.05) is 31.1 Å². The van der Waals surface area contributed by atoms with E-state index in [0.29, 0.717) is 42.5 Å². The molecule has 0 bridgehead atoms. The standard InChI is InChI=1S/C18H26N4O3S/c1-13(2)25-17-8-6-5-7-16(17)21-9-11-22(12-10-21)26(23,24)18-14(3)19-20-15(18)4/h5-8,13H,9-12H2,1-4H3,(H,19,20). The molecule has 1 N–H and O–H groups in total. The first kappa shape index (κ1) is 18.7. The van der Waals surface area contributed by atoms with Gasteiger partial charge in [-0.1, -0.05) is 12.1 Å². The van der Waals surface area contributed by atoms with Crippen molar-refractivity contribution >= 4 is 15.7 Å². The molecule has 7 nitrogen and oxygen atoms in total. The molecule has 0 unspecified atom stereocenters. The van der Waals surface area contributed by atoms with Gasteiger partial charge in [-0.15, -0.1) is 0 Å². The summed E-state index contributed by atoms with van der Waals surface area (Å²) in [5, 5.41) is 6.78. The van der Waals surface area contributed by atoms with Gasteiger partial charge in [0.2, 0.25) is 10.0 Å². The van der Waals surface area contributed by atoms with Gasteiger partial charge in [-0.3, -0.25) is 5.10 Å². The maximum Gasteiger partial charge on any atom is 0.246 e. The minimum atomic E-state index is -3.53. The van der Waals surface area contributed by atoms with Crippen LogP contribution in [-0.4, -0.2) is 55.2 Å². The van der Waals surface area contributed by atoms with Crippen LogP contribution in [0.2, 0.25) is 0 Å². The van der Waals surface area contributed by atoms with E-state index < -0.39 is 10.0 Å². The van der Waals surface area contributed by atoms with Crippen LogP contribution in [0.15, 0.2) is 29.2 Å². The summed E-state index contributed by atoms with van der Waals surface area (Å²) in [6, 6.07) is 7.90. The molecule has 2 aromatic rings. The van der Waals surface area contributed by atoms with Crippen molar-refractivity contribution in [2.24, 2.45) is 0 Å². The van der Waals surface area contributed by atoms with E-state index in [1.54, 1.807) is 18.2 Å². The number of benzene rings is 1. The molecule has 0 saturated carbocycles. The van der Waals surface area contributed by atoms with Gasteiger partial charge < -0.3 is 9.64 Å². The first-order chi connectivity index (χ1) is 12.3. The summed E-state index contributed by atoms with van der Waals surface area (Å²) in [6.45, 7) is 9.55.